The minimum absolute atomic E-state index is 0.120. The van der Waals surface area contributed by atoms with Crippen molar-refractivity contribution in [1.29, 1.82) is 0 Å². The minimum Gasteiger partial charge on any atom is -0.394 e. The first-order valence-electron chi connectivity index (χ1n) is 6.15. The van der Waals surface area contributed by atoms with Gasteiger partial charge >= 0.3 is 0 Å². The number of nitrogens with zero attached hydrogens (tertiary/aromatic N) is 2. The van der Waals surface area contributed by atoms with Gasteiger partial charge in [-0.2, -0.15) is 0 Å². The molecular formula is C12H19N3O2. The molecule has 1 aromatic rings. The third-order valence-electron chi connectivity index (χ3n) is 4.51. The molecule has 17 heavy (non-hydrogen) atoms. The number of likely N-dealkylation sites (N-methyl/N-ethyl adjacent to an activating group) is 1. The Balaban J connectivity index is 1.91. The second kappa shape index (κ2) is 3.80. The highest BCUT2D eigenvalue weighted by Crippen LogP contribution is 2.46. The highest BCUT2D eigenvalue weighted by molar-refractivity contribution is 5.17. The Morgan fingerprint density at radius 3 is 3.12 bits per heavy atom. The number of likely N-dealkylation sites (tertiary alicyclic amines) is 1. The van der Waals surface area contributed by atoms with Crippen LogP contribution in [0, 0.1) is 12.8 Å². The van der Waals surface area contributed by atoms with Gasteiger partial charge in [0.25, 0.3) is 0 Å². The molecule has 2 N–H and O–H groups in total. The topological polar surface area (TPSA) is 61.5 Å². The molecule has 0 amide bonds. The van der Waals surface area contributed by atoms with E-state index in [0.717, 1.165) is 31.0 Å². The maximum absolute atomic E-state index is 9.74. The molecule has 0 radical (unpaired) electrons. The summed E-state index contributed by atoms with van der Waals surface area (Å²) in [5.74, 6) is 1.42. The second-order valence-corrected chi connectivity index (χ2v) is 5.32. The first-order chi connectivity index (χ1) is 8.17. The van der Waals surface area contributed by atoms with Crippen molar-refractivity contribution in [1.82, 2.24) is 15.4 Å². The summed E-state index contributed by atoms with van der Waals surface area (Å²) in [6, 6.07) is 2.25. The summed E-state index contributed by atoms with van der Waals surface area (Å²) in [5.41, 5.74) is 0.798. The van der Waals surface area contributed by atoms with Crippen LogP contribution in [0.4, 0.5) is 0 Å². The van der Waals surface area contributed by atoms with Gasteiger partial charge in [0.2, 0.25) is 0 Å². The zero-order valence-corrected chi connectivity index (χ0v) is 10.3. The lowest BCUT2D eigenvalue weighted by molar-refractivity contribution is 0.0550. The normalized spacial score (nSPS) is 37.6. The van der Waals surface area contributed by atoms with Crippen LogP contribution in [0.5, 0.6) is 0 Å². The standard InChI is InChI=1S/C12H19N3O2/c1-8-3-11(17-14-8)10-4-9-5-13-6-12(9,7-16)15(10)2/h3,9-10,13,16H,4-7H2,1-2H3/t9-,10-,12-/m0/s1. The SMILES string of the molecule is Cc1cc([C@@H]2C[C@H]3CNC[C@@]3(CO)N2C)on1. The van der Waals surface area contributed by atoms with Gasteiger partial charge in [-0.25, -0.2) is 0 Å². The molecule has 2 saturated heterocycles. The molecule has 5 nitrogen and oxygen atoms in total. The molecule has 0 unspecified atom stereocenters. The molecule has 0 bridgehead atoms. The predicted octanol–water partition coefficient (Wildman–Crippen LogP) is 0.310. The third kappa shape index (κ3) is 1.46. The summed E-state index contributed by atoms with van der Waals surface area (Å²) < 4.78 is 5.38. The van der Waals surface area contributed by atoms with E-state index in [1.807, 2.05) is 13.0 Å². The number of aliphatic hydroxyl groups excluding tert-OH is 1. The molecule has 2 fully saturated rings. The monoisotopic (exact) mass is 237 g/mol. The van der Waals surface area contributed by atoms with Crippen LogP contribution in [-0.4, -0.2) is 47.4 Å². The van der Waals surface area contributed by atoms with Crippen LogP contribution in [0.2, 0.25) is 0 Å². The van der Waals surface area contributed by atoms with Crippen LogP contribution in [-0.2, 0) is 0 Å². The van der Waals surface area contributed by atoms with Crippen LogP contribution in [0.15, 0.2) is 10.6 Å². The number of aromatic nitrogens is 1. The van der Waals surface area contributed by atoms with Crippen molar-refractivity contribution in [2.75, 3.05) is 26.7 Å². The van der Waals surface area contributed by atoms with Crippen molar-refractivity contribution in [2.24, 2.45) is 5.92 Å². The number of nitrogens with one attached hydrogen (secondary N) is 1. The zero-order chi connectivity index (χ0) is 12.0. The molecule has 0 spiro atoms. The van der Waals surface area contributed by atoms with E-state index < -0.39 is 0 Å². The molecule has 0 aliphatic carbocycles. The van der Waals surface area contributed by atoms with Gasteiger partial charge in [0.15, 0.2) is 5.76 Å². The average molecular weight is 237 g/mol. The molecule has 1 aromatic heterocycles. The predicted molar refractivity (Wildman–Crippen MR) is 62.5 cm³/mol. The lowest BCUT2D eigenvalue weighted by Crippen LogP contribution is -2.50. The van der Waals surface area contributed by atoms with Gasteiger partial charge < -0.3 is 14.9 Å². The second-order valence-electron chi connectivity index (χ2n) is 5.32. The highest BCUT2D eigenvalue weighted by atomic mass is 16.5. The van der Waals surface area contributed by atoms with E-state index in [2.05, 4.69) is 22.4 Å². The molecule has 5 heteroatoms. The fourth-order valence-corrected chi connectivity index (χ4v) is 3.39. The number of fused-ring (bicyclic) bond motifs is 1. The Morgan fingerprint density at radius 1 is 1.71 bits per heavy atom. The average Bonchev–Trinajstić information content (AvgIpc) is 2.96. The lowest BCUT2D eigenvalue weighted by atomic mass is 9.89. The molecule has 3 rings (SSSR count). The van der Waals surface area contributed by atoms with Gasteiger partial charge in [-0.3, -0.25) is 4.90 Å². The van der Waals surface area contributed by atoms with E-state index in [9.17, 15) is 5.11 Å². The van der Waals surface area contributed by atoms with Crippen molar-refractivity contribution in [3.05, 3.63) is 17.5 Å². The molecule has 3 heterocycles. The van der Waals surface area contributed by atoms with Crippen LogP contribution in [0.25, 0.3) is 0 Å². The lowest BCUT2D eigenvalue weighted by Gasteiger charge is -2.35. The van der Waals surface area contributed by atoms with E-state index in [0.29, 0.717) is 5.92 Å². The van der Waals surface area contributed by atoms with Gasteiger partial charge in [0, 0.05) is 19.2 Å². The molecular weight excluding hydrogens is 218 g/mol. The molecule has 2 aliphatic rings. The summed E-state index contributed by atoms with van der Waals surface area (Å²) in [4.78, 5) is 2.26. The molecule has 2 aliphatic heterocycles. The van der Waals surface area contributed by atoms with Gasteiger partial charge in [-0.05, 0) is 26.3 Å². The quantitative estimate of drug-likeness (QED) is 0.775. The summed E-state index contributed by atoms with van der Waals surface area (Å²) in [5, 5.41) is 17.1. The Kier molecular flexibility index (Phi) is 2.50. The third-order valence-corrected chi connectivity index (χ3v) is 4.51. The molecule has 0 aromatic carbocycles. The van der Waals surface area contributed by atoms with Crippen LogP contribution < -0.4 is 5.32 Å². The fourth-order valence-electron chi connectivity index (χ4n) is 3.39. The number of aryl methyl sites for hydroxylation is 1. The van der Waals surface area contributed by atoms with E-state index in [1.54, 1.807) is 0 Å². The van der Waals surface area contributed by atoms with Crippen LogP contribution in [0.3, 0.4) is 0 Å². The highest BCUT2D eigenvalue weighted by Gasteiger charge is 2.54. The van der Waals surface area contributed by atoms with E-state index in [1.165, 1.54) is 0 Å². The van der Waals surface area contributed by atoms with E-state index in [-0.39, 0.29) is 18.2 Å². The van der Waals surface area contributed by atoms with Crippen molar-refractivity contribution in [3.8, 4) is 0 Å². The van der Waals surface area contributed by atoms with Crippen molar-refractivity contribution < 1.29 is 9.63 Å². The maximum Gasteiger partial charge on any atom is 0.154 e. The fraction of sp³-hybridized carbons (Fsp3) is 0.750. The van der Waals surface area contributed by atoms with Gasteiger partial charge in [-0.1, -0.05) is 5.16 Å². The van der Waals surface area contributed by atoms with Gasteiger partial charge in [0.1, 0.15) is 0 Å². The largest absolute Gasteiger partial charge is 0.394 e. The Morgan fingerprint density at radius 2 is 2.53 bits per heavy atom. The number of aliphatic hydroxyl groups is 1. The summed E-state index contributed by atoms with van der Waals surface area (Å²) in [6.07, 6.45) is 1.03. The van der Waals surface area contributed by atoms with Crippen LogP contribution in [0.1, 0.15) is 23.9 Å². The van der Waals surface area contributed by atoms with Crippen molar-refractivity contribution in [2.45, 2.75) is 24.9 Å². The van der Waals surface area contributed by atoms with Crippen LogP contribution >= 0.6 is 0 Å². The smallest absolute Gasteiger partial charge is 0.154 e. The summed E-state index contributed by atoms with van der Waals surface area (Å²) in [7, 11) is 2.08. The Labute approximate surface area is 101 Å². The number of hydrogen-bond acceptors (Lipinski definition) is 5. The maximum atomic E-state index is 9.74. The first-order valence-corrected chi connectivity index (χ1v) is 6.15. The van der Waals surface area contributed by atoms with Gasteiger partial charge in [-0.15, -0.1) is 0 Å². The summed E-state index contributed by atoms with van der Waals surface area (Å²) in [6.45, 7) is 3.97. The van der Waals surface area contributed by atoms with Gasteiger partial charge in [0.05, 0.1) is 23.9 Å². The van der Waals surface area contributed by atoms with E-state index in [4.69, 9.17) is 4.52 Å². The molecule has 0 saturated carbocycles. The Hall–Kier alpha value is -0.910. The van der Waals surface area contributed by atoms with Crippen molar-refractivity contribution >= 4 is 0 Å². The van der Waals surface area contributed by atoms with Crippen molar-refractivity contribution in [3.63, 3.8) is 0 Å². The Bertz CT molecular complexity index is 420. The first kappa shape index (κ1) is 11.2. The zero-order valence-electron chi connectivity index (χ0n) is 10.3. The molecule has 3 atom stereocenters. The van der Waals surface area contributed by atoms with E-state index >= 15 is 0 Å². The minimum atomic E-state index is -0.120. The number of hydrogen-bond donors (Lipinski definition) is 2. The number of rotatable bonds is 2. The summed E-state index contributed by atoms with van der Waals surface area (Å²) >= 11 is 0. The molecule has 94 valence electrons.